The second-order valence-corrected chi connectivity index (χ2v) is 6.92. The minimum Gasteiger partial charge on any atom is -0.367 e. The number of carbonyl (C=O) groups is 1. The lowest BCUT2D eigenvalue weighted by Crippen LogP contribution is -2.48. The zero-order valence-electron chi connectivity index (χ0n) is 13.0. The molecule has 120 valence electrons. The van der Waals surface area contributed by atoms with Crippen LogP contribution >= 0.6 is 22.9 Å². The van der Waals surface area contributed by atoms with Crippen molar-refractivity contribution in [2.75, 3.05) is 31.1 Å². The molecule has 0 aliphatic carbocycles. The van der Waals surface area contributed by atoms with Crippen LogP contribution in [0.4, 0.5) is 5.69 Å². The van der Waals surface area contributed by atoms with Crippen molar-refractivity contribution < 1.29 is 4.79 Å². The lowest BCUT2D eigenvalue weighted by Gasteiger charge is -2.36. The van der Waals surface area contributed by atoms with Crippen LogP contribution in [0.5, 0.6) is 0 Å². The van der Waals surface area contributed by atoms with E-state index in [0.717, 1.165) is 41.8 Å². The molecular formula is C18H19ClN2OS. The van der Waals surface area contributed by atoms with Crippen LogP contribution in [0.2, 0.25) is 5.02 Å². The van der Waals surface area contributed by atoms with Crippen LogP contribution in [0.25, 0.3) is 6.08 Å². The number of amides is 1. The zero-order valence-corrected chi connectivity index (χ0v) is 14.6. The quantitative estimate of drug-likeness (QED) is 0.782. The molecule has 5 heteroatoms. The Morgan fingerprint density at radius 3 is 2.57 bits per heavy atom. The predicted octanol–water partition coefficient (Wildman–Crippen LogP) is 4.07. The van der Waals surface area contributed by atoms with Crippen molar-refractivity contribution in [1.82, 2.24) is 4.90 Å². The van der Waals surface area contributed by atoms with Crippen LogP contribution in [0.3, 0.4) is 0 Å². The number of hydrogen-bond donors (Lipinski definition) is 0. The summed E-state index contributed by atoms with van der Waals surface area (Å²) in [4.78, 5) is 17.6. The number of aryl methyl sites for hydroxylation is 1. The second kappa shape index (κ2) is 7.20. The van der Waals surface area contributed by atoms with Crippen molar-refractivity contribution in [3.63, 3.8) is 0 Å². The predicted molar refractivity (Wildman–Crippen MR) is 98.3 cm³/mol. The van der Waals surface area contributed by atoms with Gasteiger partial charge < -0.3 is 9.80 Å². The number of halogens is 1. The van der Waals surface area contributed by atoms with Crippen molar-refractivity contribution in [1.29, 1.82) is 0 Å². The Labute approximate surface area is 145 Å². The first kappa shape index (κ1) is 16.1. The number of nitrogens with zero attached hydrogens (tertiary/aromatic N) is 2. The molecule has 3 nitrogen and oxygen atoms in total. The lowest BCUT2D eigenvalue weighted by molar-refractivity contribution is -0.126. The summed E-state index contributed by atoms with van der Waals surface area (Å²) >= 11 is 7.90. The van der Waals surface area contributed by atoms with E-state index in [0.29, 0.717) is 0 Å². The summed E-state index contributed by atoms with van der Waals surface area (Å²) in [6, 6.07) is 9.92. The molecular weight excluding hydrogens is 328 g/mol. The summed E-state index contributed by atoms with van der Waals surface area (Å²) in [5, 5.41) is 2.81. The number of rotatable bonds is 3. The molecule has 0 bridgehead atoms. The minimum absolute atomic E-state index is 0.0802. The van der Waals surface area contributed by atoms with E-state index in [-0.39, 0.29) is 5.91 Å². The average molecular weight is 347 g/mol. The normalized spacial score (nSPS) is 15.4. The molecule has 1 aromatic carbocycles. The maximum absolute atomic E-state index is 12.3. The summed E-state index contributed by atoms with van der Waals surface area (Å²) in [6.45, 7) is 5.11. The highest BCUT2D eigenvalue weighted by atomic mass is 35.5. The fourth-order valence-electron chi connectivity index (χ4n) is 2.68. The van der Waals surface area contributed by atoms with E-state index in [4.69, 9.17) is 11.6 Å². The summed E-state index contributed by atoms with van der Waals surface area (Å²) < 4.78 is 0. The fraction of sp³-hybridized carbons (Fsp3) is 0.278. The third-order valence-corrected chi connectivity index (χ3v) is 5.37. The van der Waals surface area contributed by atoms with Crippen molar-refractivity contribution in [2.24, 2.45) is 0 Å². The molecule has 23 heavy (non-hydrogen) atoms. The molecule has 0 unspecified atom stereocenters. The van der Waals surface area contributed by atoms with Gasteiger partial charge in [0, 0.05) is 37.1 Å². The first-order valence-electron chi connectivity index (χ1n) is 7.66. The maximum Gasteiger partial charge on any atom is 0.246 e. The lowest BCUT2D eigenvalue weighted by atomic mass is 10.2. The molecule has 1 fully saturated rings. The minimum atomic E-state index is 0.0802. The van der Waals surface area contributed by atoms with E-state index in [1.165, 1.54) is 5.56 Å². The number of para-hydroxylation sites is 1. The number of hydrogen-bond acceptors (Lipinski definition) is 3. The largest absolute Gasteiger partial charge is 0.367 e. The van der Waals surface area contributed by atoms with Gasteiger partial charge in [0.25, 0.3) is 0 Å². The highest BCUT2D eigenvalue weighted by Gasteiger charge is 2.20. The van der Waals surface area contributed by atoms with Crippen molar-refractivity contribution in [2.45, 2.75) is 6.92 Å². The summed E-state index contributed by atoms with van der Waals surface area (Å²) in [7, 11) is 0. The standard InChI is InChI=1S/C18H19ClN2OS/c1-14-8-13-23-17(14)6-7-18(22)21-11-9-20(10-12-21)16-5-3-2-4-15(16)19/h2-8,13H,9-12H2,1H3/b7-6+. The molecule has 1 amide bonds. The van der Waals surface area contributed by atoms with Crippen LogP contribution in [-0.4, -0.2) is 37.0 Å². The Balaban J connectivity index is 1.58. The molecule has 0 saturated carbocycles. The first-order chi connectivity index (χ1) is 11.1. The van der Waals surface area contributed by atoms with Crippen molar-refractivity contribution >= 4 is 40.6 Å². The average Bonchev–Trinajstić information content (AvgIpc) is 2.98. The number of carbonyl (C=O) groups excluding carboxylic acids is 1. The molecule has 0 atom stereocenters. The Bertz CT molecular complexity index is 717. The van der Waals surface area contributed by atoms with Crippen LogP contribution in [-0.2, 0) is 4.79 Å². The summed E-state index contributed by atoms with van der Waals surface area (Å²) in [5.74, 6) is 0.0802. The summed E-state index contributed by atoms with van der Waals surface area (Å²) in [6.07, 6.45) is 3.60. The van der Waals surface area contributed by atoms with Gasteiger partial charge in [-0.15, -0.1) is 11.3 Å². The van der Waals surface area contributed by atoms with Crippen molar-refractivity contribution in [3.05, 3.63) is 57.3 Å². The van der Waals surface area contributed by atoms with Gasteiger partial charge in [-0.05, 0) is 42.1 Å². The molecule has 0 N–H and O–H groups in total. The molecule has 1 aliphatic rings. The third-order valence-electron chi connectivity index (χ3n) is 4.06. The zero-order chi connectivity index (χ0) is 16.2. The first-order valence-corrected chi connectivity index (χ1v) is 8.91. The van der Waals surface area contributed by atoms with Crippen molar-refractivity contribution in [3.8, 4) is 0 Å². The van der Waals surface area contributed by atoms with Crippen LogP contribution in [0, 0.1) is 6.92 Å². The highest BCUT2D eigenvalue weighted by Crippen LogP contribution is 2.26. The number of benzene rings is 1. The van der Waals surface area contributed by atoms with Gasteiger partial charge >= 0.3 is 0 Å². The summed E-state index contributed by atoms with van der Waals surface area (Å²) in [5.41, 5.74) is 2.26. The van der Waals surface area contributed by atoms with E-state index in [1.807, 2.05) is 40.6 Å². The Morgan fingerprint density at radius 1 is 1.17 bits per heavy atom. The van der Waals surface area contributed by atoms with Gasteiger partial charge in [0.15, 0.2) is 0 Å². The SMILES string of the molecule is Cc1ccsc1/C=C/C(=O)N1CCN(c2ccccc2Cl)CC1. The Hall–Kier alpha value is -1.78. The van der Waals surface area contributed by atoms with E-state index in [1.54, 1.807) is 17.4 Å². The van der Waals surface area contributed by atoms with Crippen LogP contribution in [0.15, 0.2) is 41.8 Å². The van der Waals surface area contributed by atoms with Gasteiger partial charge in [-0.3, -0.25) is 4.79 Å². The van der Waals surface area contributed by atoms with Gasteiger partial charge in [-0.2, -0.15) is 0 Å². The van der Waals surface area contributed by atoms with E-state index in [9.17, 15) is 4.79 Å². The maximum atomic E-state index is 12.3. The smallest absolute Gasteiger partial charge is 0.246 e. The molecule has 2 aromatic rings. The van der Waals surface area contributed by atoms with Crippen LogP contribution in [0.1, 0.15) is 10.4 Å². The molecule has 1 aliphatic heterocycles. The van der Waals surface area contributed by atoms with E-state index in [2.05, 4.69) is 17.9 Å². The molecule has 1 saturated heterocycles. The fourth-order valence-corrected chi connectivity index (χ4v) is 3.76. The number of thiophene rings is 1. The van der Waals surface area contributed by atoms with E-state index >= 15 is 0 Å². The number of piperazine rings is 1. The topological polar surface area (TPSA) is 23.6 Å². The highest BCUT2D eigenvalue weighted by molar-refractivity contribution is 7.11. The van der Waals surface area contributed by atoms with Gasteiger partial charge in [-0.25, -0.2) is 0 Å². The molecule has 0 radical (unpaired) electrons. The second-order valence-electron chi connectivity index (χ2n) is 5.56. The van der Waals surface area contributed by atoms with Crippen LogP contribution < -0.4 is 4.90 Å². The Morgan fingerprint density at radius 2 is 1.91 bits per heavy atom. The molecule has 1 aromatic heterocycles. The molecule has 3 rings (SSSR count). The Kier molecular flexibility index (Phi) is 5.03. The van der Waals surface area contributed by atoms with E-state index < -0.39 is 0 Å². The monoisotopic (exact) mass is 346 g/mol. The third kappa shape index (κ3) is 3.77. The van der Waals surface area contributed by atoms with Gasteiger partial charge in [0.2, 0.25) is 5.91 Å². The van der Waals surface area contributed by atoms with Gasteiger partial charge in [0.1, 0.15) is 0 Å². The molecule has 2 heterocycles. The van der Waals surface area contributed by atoms with Gasteiger partial charge in [-0.1, -0.05) is 23.7 Å². The number of anilines is 1. The van der Waals surface area contributed by atoms with Gasteiger partial charge in [0.05, 0.1) is 10.7 Å². The molecule has 0 spiro atoms.